The molecule has 0 aliphatic carbocycles. The van der Waals surface area contributed by atoms with Crippen LogP contribution in [0.2, 0.25) is 0 Å². The predicted octanol–water partition coefficient (Wildman–Crippen LogP) is 0.763. The molecule has 2 fully saturated rings. The van der Waals surface area contributed by atoms with Crippen LogP contribution < -0.4 is 25.4 Å². The van der Waals surface area contributed by atoms with E-state index in [1.165, 1.54) is 0 Å². The number of carbonyl (C=O) groups is 1. The molecule has 0 radical (unpaired) electrons. The van der Waals surface area contributed by atoms with Gasteiger partial charge in [-0.05, 0) is 55.5 Å². The lowest BCUT2D eigenvalue weighted by Gasteiger charge is -2.33. The van der Waals surface area contributed by atoms with Gasteiger partial charge in [-0.3, -0.25) is 4.79 Å². The molecule has 6 nitrogen and oxygen atoms in total. The Labute approximate surface area is 135 Å². The van der Waals surface area contributed by atoms with Crippen molar-refractivity contribution in [1.29, 1.82) is 0 Å². The van der Waals surface area contributed by atoms with E-state index < -0.39 is 0 Å². The first kappa shape index (κ1) is 14.8. The molecule has 1 spiro atoms. The van der Waals surface area contributed by atoms with Crippen molar-refractivity contribution in [3.63, 3.8) is 0 Å². The SMILES string of the molecule is O=C(NCc1ccc2c(c1)OCO2)C1CC2(CCNCC2)CN1. The fourth-order valence-electron chi connectivity index (χ4n) is 3.80. The molecule has 1 amide bonds. The fraction of sp³-hybridized carbons (Fsp3) is 0.588. The summed E-state index contributed by atoms with van der Waals surface area (Å²) >= 11 is 0. The molecule has 3 aliphatic rings. The highest BCUT2D eigenvalue weighted by molar-refractivity contribution is 5.82. The van der Waals surface area contributed by atoms with E-state index in [0.717, 1.165) is 56.0 Å². The predicted molar refractivity (Wildman–Crippen MR) is 85.4 cm³/mol. The maximum Gasteiger partial charge on any atom is 0.237 e. The molecule has 2 saturated heterocycles. The monoisotopic (exact) mass is 317 g/mol. The smallest absolute Gasteiger partial charge is 0.237 e. The Morgan fingerprint density at radius 2 is 2.09 bits per heavy atom. The topological polar surface area (TPSA) is 71.6 Å². The van der Waals surface area contributed by atoms with Crippen molar-refractivity contribution in [3.8, 4) is 11.5 Å². The minimum absolute atomic E-state index is 0.0675. The second-order valence-electron chi connectivity index (χ2n) is 6.79. The van der Waals surface area contributed by atoms with Gasteiger partial charge in [0.05, 0.1) is 6.04 Å². The number of amides is 1. The number of piperidine rings is 1. The Balaban J connectivity index is 1.32. The second-order valence-corrected chi connectivity index (χ2v) is 6.79. The molecule has 3 N–H and O–H groups in total. The normalized spacial score (nSPS) is 24.8. The highest BCUT2D eigenvalue weighted by Gasteiger charge is 2.41. The Bertz CT molecular complexity index is 599. The van der Waals surface area contributed by atoms with Gasteiger partial charge in [0.2, 0.25) is 12.7 Å². The summed E-state index contributed by atoms with van der Waals surface area (Å²) in [4.78, 5) is 12.4. The third kappa shape index (κ3) is 3.01. The van der Waals surface area contributed by atoms with Crippen molar-refractivity contribution in [2.24, 2.45) is 5.41 Å². The third-order valence-electron chi connectivity index (χ3n) is 5.25. The molecule has 0 saturated carbocycles. The van der Waals surface area contributed by atoms with Crippen LogP contribution in [0.25, 0.3) is 0 Å². The highest BCUT2D eigenvalue weighted by Crippen LogP contribution is 2.37. The van der Waals surface area contributed by atoms with Crippen LogP contribution in [0.5, 0.6) is 11.5 Å². The van der Waals surface area contributed by atoms with Gasteiger partial charge in [-0.25, -0.2) is 0 Å². The summed E-state index contributed by atoms with van der Waals surface area (Å²) in [7, 11) is 0. The Kier molecular flexibility index (Phi) is 3.87. The highest BCUT2D eigenvalue weighted by atomic mass is 16.7. The van der Waals surface area contributed by atoms with Crippen LogP contribution in [-0.4, -0.2) is 38.4 Å². The summed E-state index contributed by atoms with van der Waals surface area (Å²) in [5.74, 6) is 1.62. The van der Waals surface area contributed by atoms with Crippen LogP contribution in [0, 0.1) is 5.41 Å². The zero-order valence-electron chi connectivity index (χ0n) is 13.2. The van der Waals surface area contributed by atoms with E-state index in [9.17, 15) is 4.79 Å². The average molecular weight is 317 g/mol. The van der Waals surface area contributed by atoms with Gasteiger partial charge in [-0.1, -0.05) is 6.07 Å². The zero-order chi connectivity index (χ0) is 15.7. The van der Waals surface area contributed by atoms with Gasteiger partial charge in [-0.15, -0.1) is 0 Å². The molecular formula is C17H23N3O3. The molecular weight excluding hydrogens is 294 g/mol. The first-order valence-electron chi connectivity index (χ1n) is 8.35. The van der Waals surface area contributed by atoms with Crippen LogP contribution >= 0.6 is 0 Å². The number of hydrogen-bond acceptors (Lipinski definition) is 5. The van der Waals surface area contributed by atoms with Crippen molar-refractivity contribution in [1.82, 2.24) is 16.0 Å². The van der Waals surface area contributed by atoms with E-state index in [0.29, 0.717) is 12.0 Å². The molecule has 3 heterocycles. The maximum atomic E-state index is 12.4. The Hall–Kier alpha value is -1.79. The Morgan fingerprint density at radius 1 is 1.26 bits per heavy atom. The van der Waals surface area contributed by atoms with E-state index in [-0.39, 0.29) is 18.7 Å². The van der Waals surface area contributed by atoms with Gasteiger partial charge < -0.3 is 25.4 Å². The minimum atomic E-state index is -0.0675. The molecule has 23 heavy (non-hydrogen) atoms. The number of ether oxygens (including phenoxy) is 2. The minimum Gasteiger partial charge on any atom is -0.454 e. The first-order valence-corrected chi connectivity index (χ1v) is 8.35. The number of benzene rings is 1. The quantitative estimate of drug-likeness (QED) is 0.768. The first-order chi connectivity index (χ1) is 11.2. The number of nitrogens with one attached hydrogen (secondary N) is 3. The summed E-state index contributed by atoms with van der Waals surface area (Å²) < 4.78 is 10.7. The molecule has 1 atom stereocenters. The van der Waals surface area contributed by atoms with E-state index in [2.05, 4.69) is 16.0 Å². The van der Waals surface area contributed by atoms with E-state index in [1.807, 2.05) is 18.2 Å². The molecule has 124 valence electrons. The van der Waals surface area contributed by atoms with Crippen molar-refractivity contribution in [2.75, 3.05) is 26.4 Å². The van der Waals surface area contributed by atoms with Crippen LogP contribution in [0.15, 0.2) is 18.2 Å². The molecule has 6 heteroatoms. The van der Waals surface area contributed by atoms with Crippen molar-refractivity contribution in [2.45, 2.75) is 31.8 Å². The van der Waals surface area contributed by atoms with E-state index >= 15 is 0 Å². The molecule has 4 rings (SSSR count). The standard InChI is InChI=1S/C17H23N3O3/c21-16(13-8-17(10-20-13)3-5-18-6-4-17)19-9-12-1-2-14-15(7-12)23-11-22-14/h1-2,7,13,18,20H,3-6,8-11H2,(H,19,21). The lowest BCUT2D eigenvalue weighted by atomic mass is 9.77. The summed E-state index contributed by atoms with van der Waals surface area (Å²) in [6.45, 7) is 3.87. The van der Waals surface area contributed by atoms with Crippen LogP contribution in [0.1, 0.15) is 24.8 Å². The summed E-state index contributed by atoms with van der Waals surface area (Å²) in [5, 5.41) is 9.85. The number of carbonyl (C=O) groups excluding carboxylic acids is 1. The molecule has 1 unspecified atom stereocenters. The van der Waals surface area contributed by atoms with E-state index in [1.54, 1.807) is 0 Å². The van der Waals surface area contributed by atoms with Crippen LogP contribution in [-0.2, 0) is 11.3 Å². The summed E-state index contributed by atoms with van der Waals surface area (Å²) in [6, 6.07) is 5.72. The summed E-state index contributed by atoms with van der Waals surface area (Å²) in [6.07, 6.45) is 3.26. The van der Waals surface area contributed by atoms with Crippen LogP contribution in [0.3, 0.4) is 0 Å². The van der Waals surface area contributed by atoms with Crippen molar-refractivity contribution < 1.29 is 14.3 Å². The van der Waals surface area contributed by atoms with Gasteiger partial charge in [-0.2, -0.15) is 0 Å². The van der Waals surface area contributed by atoms with Gasteiger partial charge >= 0.3 is 0 Å². The maximum absolute atomic E-state index is 12.4. The van der Waals surface area contributed by atoms with E-state index in [4.69, 9.17) is 9.47 Å². The molecule has 1 aromatic carbocycles. The largest absolute Gasteiger partial charge is 0.454 e. The average Bonchev–Trinajstić information content (AvgIpc) is 3.20. The molecule has 3 aliphatic heterocycles. The lowest BCUT2D eigenvalue weighted by Crippen LogP contribution is -2.40. The van der Waals surface area contributed by atoms with Crippen molar-refractivity contribution in [3.05, 3.63) is 23.8 Å². The number of rotatable bonds is 3. The third-order valence-corrected chi connectivity index (χ3v) is 5.25. The molecule has 0 aromatic heterocycles. The van der Waals surface area contributed by atoms with Gasteiger partial charge in [0, 0.05) is 13.1 Å². The fourth-order valence-corrected chi connectivity index (χ4v) is 3.80. The molecule has 0 bridgehead atoms. The number of fused-ring (bicyclic) bond motifs is 1. The van der Waals surface area contributed by atoms with Gasteiger partial charge in [0.1, 0.15) is 0 Å². The molecule has 1 aromatic rings. The van der Waals surface area contributed by atoms with Crippen LogP contribution in [0.4, 0.5) is 0 Å². The Morgan fingerprint density at radius 3 is 2.96 bits per heavy atom. The summed E-state index contributed by atoms with van der Waals surface area (Å²) in [5.41, 5.74) is 1.34. The van der Waals surface area contributed by atoms with Crippen molar-refractivity contribution >= 4 is 5.91 Å². The number of hydrogen-bond donors (Lipinski definition) is 3. The zero-order valence-corrected chi connectivity index (χ0v) is 13.2. The van der Waals surface area contributed by atoms with Gasteiger partial charge in [0.15, 0.2) is 11.5 Å². The second kappa shape index (κ2) is 6.02. The lowest BCUT2D eigenvalue weighted by molar-refractivity contribution is -0.123. The van der Waals surface area contributed by atoms with Gasteiger partial charge in [0.25, 0.3) is 0 Å².